The summed E-state index contributed by atoms with van der Waals surface area (Å²) in [6.45, 7) is 3.76. The summed E-state index contributed by atoms with van der Waals surface area (Å²) in [5.74, 6) is -2.20. The van der Waals surface area contributed by atoms with E-state index in [4.69, 9.17) is 0 Å². The number of hydrogen-bond donors (Lipinski definition) is 3. The monoisotopic (exact) mass is 396 g/mol. The number of carbonyl (C=O) groups excluding carboxylic acids is 2. The molecular weight excluding hydrogens is 376 g/mol. The number of anilines is 2. The molecule has 10 heteroatoms. The average Bonchev–Trinajstić information content (AvgIpc) is 3.35. The van der Waals surface area contributed by atoms with E-state index in [9.17, 15) is 19.5 Å². The first-order valence-electron chi connectivity index (χ1n) is 8.92. The molecule has 0 bridgehead atoms. The molecule has 0 spiro atoms. The summed E-state index contributed by atoms with van der Waals surface area (Å²) in [6.07, 6.45) is 2.88. The third-order valence-corrected chi connectivity index (χ3v) is 4.21. The van der Waals surface area contributed by atoms with Gasteiger partial charge in [0.15, 0.2) is 5.69 Å². The minimum atomic E-state index is -1.12. The van der Waals surface area contributed by atoms with Gasteiger partial charge in [-0.15, -0.1) is 0 Å². The Bertz CT molecular complexity index is 1040. The van der Waals surface area contributed by atoms with Crippen molar-refractivity contribution in [3.05, 3.63) is 60.2 Å². The molecule has 0 aliphatic rings. The Kier molecular flexibility index (Phi) is 5.72. The summed E-state index contributed by atoms with van der Waals surface area (Å²) in [4.78, 5) is 36.6. The predicted molar refractivity (Wildman–Crippen MR) is 105 cm³/mol. The summed E-state index contributed by atoms with van der Waals surface area (Å²) >= 11 is 0. The number of nitrogens with zero attached hydrogens (tertiary/aromatic N) is 4. The molecule has 0 aliphatic heterocycles. The molecule has 2 heterocycles. The summed E-state index contributed by atoms with van der Waals surface area (Å²) in [6, 6.07) is 9.25. The molecule has 2 amide bonds. The van der Waals surface area contributed by atoms with E-state index in [0.29, 0.717) is 12.2 Å². The number of rotatable bonds is 7. The fourth-order valence-electron chi connectivity index (χ4n) is 2.65. The van der Waals surface area contributed by atoms with Gasteiger partial charge in [-0.3, -0.25) is 14.3 Å². The number of amides is 2. The van der Waals surface area contributed by atoms with Gasteiger partial charge in [-0.05, 0) is 32.0 Å². The van der Waals surface area contributed by atoms with Crippen LogP contribution in [-0.4, -0.2) is 42.5 Å². The maximum absolute atomic E-state index is 12.7. The number of carboxylic acid groups (broad SMARTS) is 1. The van der Waals surface area contributed by atoms with Crippen LogP contribution in [0.3, 0.4) is 0 Å². The highest BCUT2D eigenvalue weighted by Gasteiger charge is 2.24. The molecule has 0 aliphatic carbocycles. The molecule has 150 valence electrons. The van der Waals surface area contributed by atoms with Crippen LogP contribution in [0.15, 0.2) is 48.8 Å². The number of aryl methyl sites for hydroxylation is 1. The topological polar surface area (TPSA) is 131 Å². The van der Waals surface area contributed by atoms with E-state index < -0.39 is 23.8 Å². The normalized spacial score (nSPS) is 11.7. The number of carbonyl (C=O) groups is 3. The maximum Gasteiger partial charge on any atom is 0.328 e. The van der Waals surface area contributed by atoms with Gasteiger partial charge in [0.25, 0.3) is 11.8 Å². The van der Waals surface area contributed by atoms with Crippen LogP contribution in [-0.2, 0) is 11.3 Å². The van der Waals surface area contributed by atoms with Crippen molar-refractivity contribution in [2.45, 2.75) is 26.4 Å². The first kappa shape index (κ1) is 19.8. The predicted octanol–water partition coefficient (Wildman–Crippen LogP) is 2.25. The smallest absolute Gasteiger partial charge is 0.328 e. The van der Waals surface area contributed by atoms with Crippen LogP contribution in [0.2, 0.25) is 0 Å². The van der Waals surface area contributed by atoms with Gasteiger partial charge in [0.2, 0.25) is 0 Å². The lowest BCUT2D eigenvalue weighted by Gasteiger charge is -2.11. The Morgan fingerprint density at radius 3 is 2.48 bits per heavy atom. The second-order valence-corrected chi connectivity index (χ2v) is 6.20. The van der Waals surface area contributed by atoms with E-state index >= 15 is 0 Å². The molecule has 1 aromatic carbocycles. The molecule has 2 aromatic heterocycles. The average molecular weight is 396 g/mol. The molecule has 0 fully saturated rings. The number of para-hydroxylation sites is 1. The first-order valence-corrected chi connectivity index (χ1v) is 8.92. The van der Waals surface area contributed by atoms with Crippen molar-refractivity contribution in [1.29, 1.82) is 0 Å². The van der Waals surface area contributed by atoms with E-state index in [2.05, 4.69) is 20.8 Å². The van der Waals surface area contributed by atoms with Crippen molar-refractivity contribution in [1.82, 2.24) is 19.6 Å². The van der Waals surface area contributed by atoms with Crippen molar-refractivity contribution in [3.63, 3.8) is 0 Å². The lowest BCUT2D eigenvalue weighted by Crippen LogP contribution is -2.24. The lowest BCUT2D eigenvalue weighted by molar-refractivity contribution is -0.140. The van der Waals surface area contributed by atoms with Crippen molar-refractivity contribution in [3.8, 4) is 0 Å². The summed E-state index contributed by atoms with van der Waals surface area (Å²) < 4.78 is 2.62. The van der Waals surface area contributed by atoms with Crippen molar-refractivity contribution < 1.29 is 19.5 Å². The maximum atomic E-state index is 12.7. The van der Waals surface area contributed by atoms with Crippen LogP contribution < -0.4 is 10.6 Å². The Balaban J connectivity index is 1.85. The van der Waals surface area contributed by atoms with Crippen LogP contribution in [0, 0.1) is 0 Å². The van der Waals surface area contributed by atoms with Crippen LogP contribution >= 0.6 is 0 Å². The molecule has 3 rings (SSSR count). The fraction of sp³-hybridized carbons (Fsp3) is 0.211. The van der Waals surface area contributed by atoms with E-state index in [0.717, 1.165) is 4.68 Å². The van der Waals surface area contributed by atoms with Crippen molar-refractivity contribution in [2.75, 3.05) is 10.6 Å². The number of carboxylic acids is 1. The zero-order valence-electron chi connectivity index (χ0n) is 15.9. The third-order valence-electron chi connectivity index (χ3n) is 4.21. The molecule has 3 aromatic rings. The zero-order chi connectivity index (χ0) is 21.0. The molecular formula is C19H20N6O4. The number of aromatic nitrogens is 4. The van der Waals surface area contributed by atoms with E-state index in [1.807, 2.05) is 13.0 Å². The van der Waals surface area contributed by atoms with Gasteiger partial charge in [-0.1, -0.05) is 18.2 Å². The minimum absolute atomic E-state index is 0.0430. The van der Waals surface area contributed by atoms with Gasteiger partial charge >= 0.3 is 5.97 Å². The van der Waals surface area contributed by atoms with Crippen LogP contribution in [0.4, 0.5) is 11.4 Å². The fourth-order valence-corrected chi connectivity index (χ4v) is 2.65. The van der Waals surface area contributed by atoms with Crippen LogP contribution in [0.1, 0.15) is 40.9 Å². The van der Waals surface area contributed by atoms with Crippen LogP contribution in [0.25, 0.3) is 0 Å². The summed E-state index contributed by atoms with van der Waals surface area (Å²) in [5.41, 5.74) is 0.898. The highest BCUT2D eigenvalue weighted by Crippen LogP contribution is 2.18. The second-order valence-electron chi connectivity index (χ2n) is 6.20. The van der Waals surface area contributed by atoms with Gasteiger partial charge in [0, 0.05) is 24.6 Å². The SMILES string of the molecule is CCn1cc(NC(=O)c2ccnn2C(C)C(=O)O)c(C(=O)Nc2ccccc2)n1. The molecule has 1 atom stereocenters. The molecule has 0 saturated heterocycles. The van der Waals surface area contributed by atoms with Crippen molar-refractivity contribution >= 4 is 29.2 Å². The summed E-state index contributed by atoms with van der Waals surface area (Å²) in [7, 11) is 0. The number of hydrogen-bond acceptors (Lipinski definition) is 5. The Morgan fingerprint density at radius 2 is 1.83 bits per heavy atom. The molecule has 3 N–H and O–H groups in total. The molecule has 29 heavy (non-hydrogen) atoms. The van der Waals surface area contributed by atoms with Gasteiger partial charge < -0.3 is 15.7 Å². The standard InChI is InChI=1S/C19H20N6O4/c1-3-24-11-14(16(23-24)18(27)21-13-7-5-4-6-8-13)22-17(26)15-9-10-20-25(15)12(2)19(28)29/h4-12H,3H2,1-2H3,(H,21,27)(H,22,26)(H,28,29). The molecule has 1 unspecified atom stereocenters. The Labute approximate surface area is 166 Å². The minimum Gasteiger partial charge on any atom is -0.480 e. The largest absolute Gasteiger partial charge is 0.480 e. The highest BCUT2D eigenvalue weighted by atomic mass is 16.4. The molecule has 0 radical (unpaired) electrons. The quantitative estimate of drug-likeness (QED) is 0.561. The Morgan fingerprint density at radius 1 is 1.10 bits per heavy atom. The Hall–Kier alpha value is -3.95. The third kappa shape index (κ3) is 4.32. The van der Waals surface area contributed by atoms with E-state index in [1.54, 1.807) is 30.5 Å². The lowest BCUT2D eigenvalue weighted by atomic mass is 10.2. The van der Waals surface area contributed by atoms with Gasteiger partial charge in [0.05, 0.1) is 5.69 Å². The van der Waals surface area contributed by atoms with E-state index in [1.165, 1.54) is 23.9 Å². The summed E-state index contributed by atoms with van der Waals surface area (Å²) in [5, 5.41) is 22.7. The number of benzene rings is 1. The van der Waals surface area contributed by atoms with Gasteiger partial charge in [-0.25, -0.2) is 9.48 Å². The molecule has 0 saturated carbocycles. The second kappa shape index (κ2) is 8.38. The van der Waals surface area contributed by atoms with Crippen LogP contribution in [0.5, 0.6) is 0 Å². The van der Waals surface area contributed by atoms with E-state index in [-0.39, 0.29) is 17.1 Å². The zero-order valence-corrected chi connectivity index (χ0v) is 15.9. The van der Waals surface area contributed by atoms with Gasteiger partial charge in [0.1, 0.15) is 11.7 Å². The molecule has 10 nitrogen and oxygen atoms in total. The number of aliphatic carboxylic acids is 1. The first-order chi connectivity index (χ1) is 13.9. The van der Waals surface area contributed by atoms with Gasteiger partial charge in [-0.2, -0.15) is 10.2 Å². The van der Waals surface area contributed by atoms with Crippen molar-refractivity contribution in [2.24, 2.45) is 0 Å². The number of nitrogens with one attached hydrogen (secondary N) is 2. The highest BCUT2D eigenvalue weighted by molar-refractivity contribution is 6.11.